The van der Waals surface area contributed by atoms with Gasteiger partial charge in [0.2, 0.25) is 11.8 Å². The van der Waals surface area contributed by atoms with E-state index in [1.165, 1.54) is 5.56 Å². The van der Waals surface area contributed by atoms with E-state index in [4.69, 9.17) is 9.72 Å². The number of amides is 2. The van der Waals surface area contributed by atoms with Gasteiger partial charge in [-0.25, -0.2) is 4.98 Å². The fourth-order valence-electron chi connectivity index (χ4n) is 5.54. The maximum atomic E-state index is 13.8. The molecule has 0 bridgehead atoms. The summed E-state index contributed by atoms with van der Waals surface area (Å²) in [6, 6.07) is 6.10. The molecule has 2 aliphatic rings. The normalized spacial score (nSPS) is 18.1. The van der Waals surface area contributed by atoms with Gasteiger partial charge in [-0.3, -0.25) is 19.3 Å². The van der Waals surface area contributed by atoms with E-state index in [2.05, 4.69) is 41.2 Å². The Hall–Kier alpha value is -2.27. The van der Waals surface area contributed by atoms with Crippen LogP contribution in [0, 0.1) is 11.8 Å². The number of ether oxygens (including phenoxy) is 1. The molecule has 2 saturated heterocycles. The number of Topliss-reactive ketones (excluding diaryl/α,β-unsaturated/α-hetero) is 1. The van der Waals surface area contributed by atoms with Gasteiger partial charge in [-0.15, -0.1) is 11.3 Å². The van der Waals surface area contributed by atoms with Gasteiger partial charge >= 0.3 is 0 Å². The van der Waals surface area contributed by atoms with Crippen molar-refractivity contribution in [1.29, 1.82) is 0 Å². The van der Waals surface area contributed by atoms with Crippen LogP contribution in [-0.2, 0) is 32.0 Å². The number of nitrogens with zero attached hydrogens (tertiary/aromatic N) is 2. The second-order valence-electron chi connectivity index (χ2n) is 11.1. The maximum Gasteiger partial charge on any atom is 0.224 e. The minimum absolute atomic E-state index is 0.0670. The second-order valence-corrected chi connectivity index (χ2v) is 13.4. The van der Waals surface area contributed by atoms with E-state index in [9.17, 15) is 14.4 Å². The van der Waals surface area contributed by atoms with E-state index < -0.39 is 5.92 Å². The molecule has 0 radical (unpaired) electrons. The van der Waals surface area contributed by atoms with Crippen molar-refractivity contribution in [2.24, 2.45) is 11.8 Å². The number of carbonyl (C=O) groups is 3. The van der Waals surface area contributed by atoms with Crippen molar-refractivity contribution in [2.45, 2.75) is 57.9 Å². The van der Waals surface area contributed by atoms with Crippen LogP contribution in [0.15, 0.2) is 30.4 Å². The van der Waals surface area contributed by atoms with Crippen LogP contribution in [0.25, 0.3) is 10.2 Å². The molecule has 224 valence electrons. The fraction of sp³-hybridized carbons (Fsp3) is 0.613. The standard InChI is InChI=1S/C31H44N4O4S2/c1-4-22-5-6-26-28(17-22)41-30(33-26)19-24(18-29(37)32-3)31(38)34-25(23-9-13-39-14-10-23)7-8-27(36)21(2)20-35-11-15-40-16-12-35/h5-6,17,23-25H,2,4,7-16,18-20H2,1,3H3,(H,32,37)(H,34,38)/t24-,25+/m0/s1. The predicted molar refractivity (Wildman–Crippen MR) is 167 cm³/mol. The number of carbonyl (C=O) groups excluding carboxylic acids is 3. The molecule has 3 heterocycles. The van der Waals surface area contributed by atoms with Gasteiger partial charge in [-0.1, -0.05) is 19.6 Å². The predicted octanol–water partition coefficient (Wildman–Crippen LogP) is 4.02. The van der Waals surface area contributed by atoms with Crippen molar-refractivity contribution < 1.29 is 19.1 Å². The van der Waals surface area contributed by atoms with Gasteiger partial charge in [0.15, 0.2) is 5.78 Å². The Balaban J connectivity index is 1.43. The maximum absolute atomic E-state index is 13.8. The Morgan fingerprint density at radius 2 is 1.95 bits per heavy atom. The number of rotatable bonds is 14. The zero-order valence-electron chi connectivity index (χ0n) is 24.4. The van der Waals surface area contributed by atoms with Crippen molar-refractivity contribution in [3.05, 3.63) is 40.9 Å². The number of ketones is 1. The Kier molecular flexibility index (Phi) is 12.2. The molecule has 0 unspecified atom stereocenters. The molecule has 8 nitrogen and oxygen atoms in total. The zero-order chi connectivity index (χ0) is 29.2. The van der Waals surface area contributed by atoms with Crippen LogP contribution in [0.4, 0.5) is 0 Å². The lowest BCUT2D eigenvalue weighted by Crippen LogP contribution is -2.46. The quantitative estimate of drug-likeness (QED) is 0.316. The highest BCUT2D eigenvalue weighted by atomic mass is 32.2. The van der Waals surface area contributed by atoms with Crippen LogP contribution < -0.4 is 10.6 Å². The number of hydrogen-bond acceptors (Lipinski definition) is 8. The first-order valence-corrected chi connectivity index (χ1v) is 16.8. The molecule has 2 aromatic rings. The molecule has 2 N–H and O–H groups in total. The molecule has 41 heavy (non-hydrogen) atoms. The highest BCUT2D eigenvalue weighted by Gasteiger charge is 2.30. The third kappa shape index (κ3) is 9.36. The number of nitrogens with one attached hydrogen (secondary N) is 2. The summed E-state index contributed by atoms with van der Waals surface area (Å²) in [6.45, 7) is 10.1. The minimum atomic E-state index is -0.550. The molecule has 0 saturated carbocycles. The Bertz CT molecular complexity index is 1200. The van der Waals surface area contributed by atoms with Gasteiger partial charge in [0, 0.05) is 82.3 Å². The largest absolute Gasteiger partial charge is 0.381 e. The van der Waals surface area contributed by atoms with Gasteiger partial charge in [0.25, 0.3) is 0 Å². The fourth-order valence-corrected chi connectivity index (χ4v) is 7.63. The van der Waals surface area contributed by atoms with Gasteiger partial charge in [-0.05, 0) is 49.3 Å². The van der Waals surface area contributed by atoms with E-state index >= 15 is 0 Å². The Morgan fingerprint density at radius 3 is 2.66 bits per heavy atom. The first-order valence-electron chi connectivity index (χ1n) is 14.8. The Labute approximate surface area is 252 Å². The lowest BCUT2D eigenvalue weighted by Gasteiger charge is -2.32. The summed E-state index contributed by atoms with van der Waals surface area (Å²) in [5, 5.41) is 6.79. The van der Waals surface area contributed by atoms with Crippen LogP contribution in [0.5, 0.6) is 0 Å². The molecule has 0 aliphatic carbocycles. The van der Waals surface area contributed by atoms with Gasteiger partial charge < -0.3 is 15.4 Å². The van der Waals surface area contributed by atoms with Gasteiger partial charge in [0.1, 0.15) is 0 Å². The summed E-state index contributed by atoms with van der Waals surface area (Å²) in [4.78, 5) is 46.3. The molecule has 2 amide bonds. The molecular formula is C31H44N4O4S2. The van der Waals surface area contributed by atoms with E-state index in [1.54, 1.807) is 18.4 Å². The summed E-state index contributed by atoms with van der Waals surface area (Å²) in [6.07, 6.45) is 4.00. The van der Waals surface area contributed by atoms with Gasteiger partial charge in [-0.2, -0.15) is 11.8 Å². The number of thiazole rings is 1. The van der Waals surface area contributed by atoms with Crippen molar-refractivity contribution >= 4 is 50.9 Å². The lowest BCUT2D eigenvalue weighted by atomic mass is 9.87. The number of hydrogen-bond donors (Lipinski definition) is 2. The van der Waals surface area contributed by atoms with E-state index in [-0.39, 0.29) is 36.0 Å². The van der Waals surface area contributed by atoms with Crippen LogP contribution >= 0.6 is 23.1 Å². The number of aromatic nitrogens is 1. The summed E-state index contributed by atoms with van der Waals surface area (Å²) >= 11 is 3.53. The van der Waals surface area contributed by atoms with Crippen LogP contribution in [-0.4, -0.2) is 84.9 Å². The average molecular weight is 601 g/mol. The molecule has 1 aromatic carbocycles. The molecule has 0 spiro atoms. The van der Waals surface area contributed by atoms with Crippen LogP contribution in [0.2, 0.25) is 0 Å². The molecule has 4 rings (SSSR count). The third-order valence-corrected chi connectivity index (χ3v) is 10.1. The highest BCUT2D eigenvalue weighted by Crippen LogP contribution is 2.28. The molecule has 2 atom stereocenters. The van der Waals surface area contributed by atoms with Crippen LogP contribution in [0.1, 0.15) is 49.6 Å². The molecular weight excluding hydrogens is 556 g/mol. The second kappa shape index (κ2) is 15.8. The van der Waals surface area contributed by atoms with E-state index in [0.717, 1.165) is 59.1 Å². The molecule has 2 aliphatic heterocycles. The Morgan fingerprint density at radius 1 is 1.20 bits per heavy atom. The summed E-state index contributed by atoms with van der Waals surface area (Å²) in [7, 11) is 1.59. The first-order chi connectivity index (χ1) is 19.9. The molecule has 10 heteroatoms. The number of thioether (sulfide) groups is 1. The SMILES string of the molecule is C=C(CN1CCSCC1)C(=O)CC[C@@H](NC(=O)[C@@H](CC(=O)NC)Cc1nc2ccc(CC)cc2s1)C1CCOCC1. The lowest BCUT2D eigenvalue weighted by molar-refractivity contribution is -0.131. The molecule has 1 aromatic heterocycles. The zero-order valence-corrected chi connectivity index (χ0v) is 26.0. The minimum Gasteiger partial charge on any atom is -0.381 e. The van der Waals surface area contributed by atoms with E-state index in [1.807, 2.05) is 17.8 Å². The topological polar surface area (TPSA) is 101 Å². The third-order valence-electron chi connectivity index (χ3n) is 8.17. The molecule has 2 fully saturated rings. The van der Waals surface area contributed by atoms with Crippen molar-refractivity contribution in [3.8, 4) is 0 Å². The first kappa shape index (κ1) is 31.7. The van der Waals surface area contributed by atoms with Gasteiger partial charge in [0.05, 0.1) is 21.1 Å². The van der Waals surface area contributed by atoms with Crippen molar-refractivity contribution in [2.75, 3.05) is 51.4 Å². The van der Waals surface area contributed by atoms with Crippen molar-refractivity contribution in [1.82, 2.24) is 20.5 Å². The number of aryl methyl sites for hydroxylation is 1. The summed E-state index contributed by atoms with van der Waals surface area (Å²) in [5.74, 6) is 1.59. The highest BCUT2D eigenvalue weighted by molar-refractivity contribution is 7.99. The monoisotopic (exact) mass is 600 g/mol. The number of benzene rings is 1. The van der Waals surface area contributed by atoms with Crippen molar-refractivity contribution in [3.63, 3.8) is 0 Å². The van der Waals surface area contributed by atoms with E-state index in [0.29, 0.717) is 44.6 Å². The summed E-state index contributed by atoms with van der Waals surface area (Å²) in [5.41, 5.74) is 2.82. The summed E-state index contributed by atoms with van der Waals surface area (Å²) < 4.78 is 6.68. The van der Waals surface area contributed by atoms with Crippen LogP contribution in [0.3, 0.4) is 0 Å². The average Bonchev–Trinajstić information content (AvgIpc) is 3.40. The smallest absolute Gasteiger partial charge is 0.224 e. The number of fused-ring (bicyclic) bond motifs is 1.